The van der Waals surface area contributed by atoms with Crippen molar-refractivity contribution in [3.05, 3.63) is 99.9 Å². The molecule has 45 heavy (non-hydrogen) atoms. The van der Waals surface area contributed by atoms with Crippen LogP contribution in [-0.2, 0) is 11.3 Å². The fourth-order valence-corrected chi connectivity index (χ4v) is 5.08. The Bertz CT molecular complexity index is 1930. The molecule has 12 nitrogen and oxygen atoms in total. The third kappa shape index (κ3) is 5.60. The lowest BCUT2D eigenvalue weighted by molar-refractivity contribution is -0.616. The molecule has 0 fully saturated rings. The van der Waals surface area contributed by atoms with E-state index in [1.54, 1.807) is 60.7 Å². The minimum atomic E-state index is -0.780. The summed E-state index contributed by atoms with van der Waals surface area (Å²) < 4.78 is 35.6. The normalized spacial score (nSPS) is 10.8. The smallest absolute Gasteiger partial charge is 0.355 e. The van der Waals surface area contributed by atoms with Crippen molar-refractivity contribution in [2.45, 2.75) is 6.61 Å². The van der Waals surface area contributed by atoms with E-state index in [9.17, 15) is 14.8 Å². The van der Waals surface area contributed by atoms with E-state index in [0.717, 1.165) is 0 Å². The second kappa shape index (κ2) is 12.8. The van der Waals surface area contributed by atoms with Gasteiger partial charge in [0.15, 0.2) is 35.8 Å². The highest BCUT2D eigenvalue weighted by Gasteiger charge is 2.28. The molecule has 0 amide bonds. The number of rotatable bonds is 10. The molecule has 5 rings (SSSR count). The molecule has 0 aliphatic rings. The molecule has 3 aromatic carbocycles. The summed E-state index contributed by atoms with van der Waals surface area (Å²) in [6.07, 6.45) is 1.36. The van der Waals surface area contributed by atoms with Gasteiger partial charge in [-0.25, -0.2) is 4.79 Å². The number of carbonyl (C=O) groups is 1. The Kier molecular flexibility index (Phi) is 8.66. The Morgan fingerprint density at radius 2 is 1.47 bits per heavy atom. The predicted octanol–water partition coefficient (Wildman–Crippen LogP) is 4.27. The van der Waals surface area contributed by atoms with E-state index >= 15 is 0 Å². The summed E-state index contributed by atoms with van der Waals surface area (Å²) in [6, 6.07) is 17.9. The largest absolute Gasteiger partial charge is 0.618 e. The van der Waals surface area contributed by atoms with Gasteiger partial charge < -0.3 is 39.4 Å². The number of pyridine rings is 2. The van der Waals surface area contributed by atoms with Gasteiger partial charge in [-0.1, -0.05) is 0 Å². The number of aromatic nitrogens is 2. The van der Waals surface area contributed by atoms with Gasteiger partial charge in [0.2, 0.25) is 11.4 Å². The Balaban J connectivity index is 1.90. The van der Waals surface area contributed by atoms with Crippen molar-refractivity contribution >= 4 is 22.4 Å². The zero-order valence-electron chi connectivity index (χ0n) is 25.3. The van der Waals surface area contributed by atoms with Crippen molar-refractivity contribution in [1.29, 1.82) is 0 Å². The van der Waals surface area contributed by atoms with Gasteiger partial charge in [0.05, 0.1) is 40.9 Å². The molecule has 0 bridgehead atoms. The van der Waals surface area contributed by atoms with E-state index in [4.69, 9.17) is 34.2 Å². The maximum absolute atomic E-state index is 14.4. The van der Waals surface area contributed by atoms with E-state index in [1.807, 2.05) is 0 Å². The van der Waals surface area contributed by atoms with Crippen molar-refractivity contribution in [2.24, 2.45) is 0 Å². The van der Waals surface area contributed by atoms with Crippen LogP contribution in [0.5, 0.6) is 28.7 Å². The highest BCUT2D eigenvalue weighted by molar-refractivity contribution is 6.08. The summed E-state index contributed by atoms with van der Waals surface area (Å²) in [5.74, 6) is 0.659. The number of esters is 1. The van der Waals surface area contributed by atoms with Crippen molar-refractivity contribution in [3.8, 4) is 45.6 Å². The molecule has 232 valence electrons. The van der Waals surface area contributed by atoms with Crippen LogP contribution in [0.2, 0.25) is 0 Å². The highest BCUT2D eigenvalue weighted by atomic mass is 16.5. The first-order valence-electron chi connectivity index (χ1n) is 13.6. The second-order valence-electron chi connectivity index (χ2n) is 9.72. The van der Waals surface area contributed by atoms with E-state index in [-0.39, 0.29) is 29.2 Å². The second-order valence-corrected chi connectivity index (χ2v) is 9.72. The molecule has 2 N–H and O–H groups in total. The van der Waals surface area contributed by atoms with Crippen LogP contribution in [0.15, 0.2) is 77.7 Å². The van der Waals surface area contributed by atoms with Crippen LogP contribution in [0.4, 0.5) is 5.69 Å². The zero-order chi connectivity index (χ0) is 32.2. The van der Waals surface area contributed by atoms with Crippen molar-refractivity contribution in [1.82, 2.24) is 4.57 Å². The third-order valence-corrected chi connectivity index (χ3v) is 7.23. The van der Waals surface area contributed by atoms with E-state index < -0.39 is 11.5 Å². The first-order valence-corrected chi connectivity index (χ1v) is 13.6. The topological polar surface area (TPSA) is 147 Å². The van der Waals surface area contributed by atoms with Gasteiger partial charge in [-0.05, 0) is 60.2 Å². The minimum Gasteiger partial charge on any atom is -0.618 e. The maximum Gasteiger partial charge on any atom is 0.355 e. The fraction of sp³-hybridized carbons (Fsp3) is 0.182. The van der Waals surface area contributed by atoms with Crippen LogP contribution >= 0.6 is 0 Å². The number of fused-ring (bicyclic) bond motifs is 1. The molecule has 5 aromatic rings. The molecule has 0 saturated heterocycles. The van der Waals surface area contributed by atoms with Crippen LogP contribution in [0.3, 0.4) is 0 Å². The SMILES string of the molecule is COC(=O)c1c(-c2cc(OC)c(OC)c(OC)c2)c2cc(OC)c(OCc3cccc[n+]3[O-])cc2c(=O)n1-c1ccc(N)cc1. The zero-order valence-corrected chi connectivity index (χ0v) is 25.3. The molecule has 2 heterocycles. The van der Waals surface area contributed by atoms with Gasteiger partial charge in [-0.3, -0.25) is 9.36 Å². The van der Waals surface area contributed by atoms with Gasteiger partial charge >= 0.3 is 5.97 Å². The van der Waals surface area contributed by atoms with Gasteiger partial charge in [0.25, 0.3) is 5.56 Å². The van der Waals surface area contributed by atoms with E-state index in [1.165, 1.54) is 52.4 Å². The maximum atomic E-state index is 14.4. The van der Waals surface area contributed by atoms with Crippen molar-refractivity contribution in [3.63, 3.8) is 0 Å². The number of nitrogen functional groups attached to an aromatic ring is 1. The molecule has 2 aromatic heterocycles. The molecular weight excluding hydrogens is 582 g/mol. The van der Waals surface area contributed by atoms with Gasteiger partial charge in [0, 0.05) is 34.5 Å². The fourth-order valence-electron chi connectivity index (χ4n) is 5.08. The molecule has 0 spiro atoms. The summed E-state index contributed by atoms with van der Waals surface area (Å²) in [5, 5.41) is 12.8. The first-order chi connectivity index (χ1) is 21.8. The van der Waals surface area contributed by atoms with Crippen LogP contribution < -0.4 is 39.7 Å². The van der Waals surface area contributed by atoms with Crippen LogP contribution in [-0.4, -0.2) is 46.1 Å². The molecule has 12 heteroatoms. The summed E-state index contributed by atoms with van der Waals surface area (Å²) in [5.41, 5.74) is 7.27. The number of nitrogens with zero attached hydrogens (tertiary/aromatic N) is 2. The molecule has 0 radical (unpaired) electrons. The van der Waals surface area contributed by atoms with Crippen LogP contribution in [0.25, 0.3) is 27.6 Å². The standard InChI is InChI=1S/C33H31N3O9/c1-40-25-16-23-24(17-26(25)45-18-22-8-6-7-13-35(22)39)32(37)36(21-11-9-20(34)10-12-21)30(33(38)44-5)29(23)19-14-27(41-2)31(43-4)28(15-19)42-3/h6-17H,18,34H2,1-5H3. The highest BCUT2D eigenvalue weighted by Crippen LogP contribution is 2.45. The average molecular weight is 614 g/mol. The number of nitrogens with two attached hydrogens (primary N) is 1. The first kappa shape index (κ1) is 30.5. The van der Waals surface area contributed by atoms with Crippen molar-refractivity contribution in [2.75, 3.05) is 41.3 Å². The predicted molar refractivity (Wildman–Crippen MR) is 167 cm³/mol. The lowest BCUT2D eigenvalue weighted by Gasteiger charge is -2.21. The Labute approximate surface area is 258 Å². The Morgan fingerprint density at radius 1 is 0.822 bits per heavy atom. The summed E-state index contributed by atoms with van der Waals surface area (Å²) in [6.45, 7) is -0.0989. The molecule has 0 aliphatic carbocycles. The summed E-state index contributed by atoms with van der Waals surface area (Å²) >= 11 is 0. The number of methoxy groups -OCH3 is 5. The number of carbonyl (C=O) groups excluding carboxylic acids is 1. The summed E-state index contributed by atoms with van der Waals surface area (Å²) in [7, 11) is 7.10. The lowest BCUT2D eigenvalue weighted by Crippen LogP contribution is -2.31. The molecule has 0 unspecified atom stereocenters. The number of anilines is 1. The molecular formula is C33H31N3O9. The minimum absolute atomic E-state index is 0.0681. The lowest BCUT2D eigenvalue weighted by atomic mass is 9.95. The number of benzene rings is 3. The quantitative estimate of drug-likeness (QED) is 0.105. The van der Waals surface area contributed by atoms with E-state index in [0.29, 0.717) is 55.6 Å². The molecule has 0 saturated carbocycles. The number of hydrogen-bond donors (Lipinski definition) is 1. The summed E-state index contributed by atoms with van der Waals surface area (Å²) in [4.78, 5) is 28.0. The van der Waals surface area contributed by atoms with E-state index in [2.05, 4.69) is 0 Å². The monoisotopic (exact) mass is 613 g/mol. The van der Waals surface area contributed by atoms with Crippen LogP contribution in [0, 0.1) is 5.21 Å². The third-order valence-electron chi connectivity index (χ3n) is 7.23. The average Bonchev–Trinajstić information content (AvgIpc) is 3.06. The number of ether oxygens (including phenoxy) is 6. The van der Waals surface area contributed by atoms with Crippen LogP contribution in [0.1, 0.15) is 16.2 Å². The number of hydrogen-bond acceptors (Lipinski definition) is 10. The van der Waals surface area contributed by atoms with Gasteiger partial charge in [-0.15, -0.1) is 0 Å². The van der Waals surface area contributed by atoms with Gasteiger partial charge in [-0.2, -0.15) is 4.73 Å². The van der Waals surface area contributed by atoms with Gasteiger partial charge in [0.1, 0.15) is 5.69 Å². The van der Waals surface area contributed by atoms with Crippen molar-refractivity contribution < 1.29 is 37.9 Å². The molecule has 0 aliphatic heterocycles. The Morgan fingerprint density at radius 3 is 2.04 bits per heavy atom. The molecule has 0 atom stereocenters. The Hall–Kier alpha value is -5.91.